The molecule has 2 heterocycles. The summed E-state index contributed by atoms with van der Waals surface area (Å²) in [5.74, 6) is 1.52. The van der Waals surface area contributed by atoms with Crippen molar-refractivity contribution in [2.45, 2.75) is 19.0 Å². The standard InChI is InChI=1S/C14H18BrN3O2S/c1-17(11-5-6-21(19,20)9-11)8-14-16-12-4-3-10(15)7-13(12)18(14)2/h3-4,7,11H,5-6,8-9H2,1-2H3. The number of aromatic nitrogens is 2. The fourth-order valence-electron chi connectivity index (χ4n) is 2.83. The lowest BCUT2D eigenvalue weighted by Crippen LogP contribution is -2.32. The van der Waals surface area contributed by atoms with Gasteiger partial charge in [-0.1, -0.05) is 15.9 Å². The van der Waals surface area contributed by atoms with Crippen molar-refractivity contribution in [1.29, 1.82) is 0 Å². The zero-order valence-electron chi connectivity index (χ0n) is 12.1. The van der Waals surface area contributed by atoms with Crippen molar-refractivity contribution in [3.05, 3.63) is 28.5 Å². The third-order valence-corrected chi connectivity index (χ3v) is 6.40. The lowest BCUT2D eigenvalue weighted by atomic mass is 10.2. The van der Waals surface area contributed by atoms with Crippen LogP contribution in [0.5, 0.6) is 0 Å². The largest absolute Gasteiger partial charge is 0.330 e. The highest BCUT2D eigenvalue weighted by Gasteiger charge is 2.31. The van der Waals surface area contributed by atoms with Crippen LogP contribution in [0.25, 0.3) is 11.0 Å². The van der Waals surface area contributed by atoms with E-state index in [1.54, 1.807) is 0 Å². The number of nitrogens with zero attached hydrogens (tertiary/aromatic N) is 3. The maximum absolute atomic E-state index is 11.6. The van der Waals surface area contributed by atoms with Crippen molar-refractivity contribution < 1.29 is 8.42 Å². The average Bonchev–Trinajstić information content (AvgIpc) is 2.92. The predicted octanol–water partition coefficient (Wildman–Crippen LogP) is 1.95. The molecule has 114 valence electrons. The Morgan fingerprint density at radius 3 is 2.90 bits per heavy atom. The van der Waals surface area contributed by atoms with Crippen molar-refractivity contribution in [3.63, 3.8) is 0 Å². The first-order valence-electron chi connectivity index (χ1n) is 6.87. The summed E-state index contributed by atoms with van der Waals surface area (Å²) in [5.41, 5.74) is 2.04. The minimum absolute atomic E-state index is 0.0987. The third kappa shape index (κ3) is 3.00. The Bertz CT molecular complexity index is 785. The Kier molecular flexibility index (Phi) is 3.83. The third-order valence-electron chi connectivity index (χ3n) is 4.16. The van der Waals surface area contributed by atoms with Crippen molar-refractivity contribution in [2.24, 2.45) is 7.05 Å². The average molecular weight is 372 g/mol. The fraction of sp³-hybridized carbons (Fsp3) is 0.500. The lowest BCUT2D eigenvalue weighted by molar-refractivity contribution is 0.246. The van der Waals surface area contributed by atoms with Gasteiger partial charge in [-0.15, -0.1) is 0 Å². The Morgan fingerprint density at radius 1 is 1.48 bits per heavy atom. The molecular formula is C14H18BrN3O2S. The van der Waals surface area contributed by atoms with Gasteiger partial charge >= 0.3 is 0 Å². The Hall–Kier alpha value is -0.920. The van der Waals surface area contributed by atoms with Crippen molar-refractivity contribution >= 4 is 36.8 Å². The number of imidazole rings is 1. The highest BCUT2D eigenvalue weighted by Crippen LogP contribution is 2.22. The molecule has 21 heavy (non-hydrogen) atoms. The van der Waals surface area contributed by atoms with Crippen LogP contribution in [0.1, 0.15) is 12.2 Å². The number of halogens is 1. The molecule has 1 aromatic carbocycles. The second kappa shape index (κ2) is 5.37. The van der Waals surface area contributed by atoms with Gasteiger partial charge in [-0.2, -0.15) is 0 Å². The van der Waals surface area contributed by atoms with Crippen LogP contribution in [0.3, 0.4) is 0 Å². The summed E-state index contributed by atoms with van der Waals surface area (Å²) in [7, 11) is 1.12. The van der Waals surface area contributed by atoms with E-state index in [0.717, 1.165) is 21.3 Å². The van der Waals surface area contributed by atoms with Crippen LogP contribution in [0.2, 0.25) is 0 Å². The number of benzene rings is 1. The summed E-state index contributed by atoms with van der Waals surface area (Å²) in [4.78, 5) is 6.75. The van der Waals surface area contributed by atoms with Crippen molar-refractivity contribution in [3.8, 4) is 0 Å². The van der Waals surface area contributed by atoms with Crippen LogP contribution in [-0.4, -0.2) is 47.5 Å². The van der Waals surface area contributed by atoms with Gasteiger partial charge in [0, 0.05) is 17.6 Å². The molecule has 5 nitrogen and oxygen atoms in total. The number of hydrogen-bond donors (Lipinski definition) is 0. The Balaban J connectivity index is 1.83. The molecular weight excluding hydrogens is 354 g/mol. The second-order valence-corrected chi connectivity index (χ2v) is 8.84. The first kappa shape index (κ1) is 15.0. The molecule has 0 saturated carbocycles. The van der Waals surface area contributed by atoms with E-state index in [4.69, 9.17) is 0 Å². The van der Waals surface area contributed by atoms with Gasteiger partial charge in [0.1, 0.15) is 5.82 Å². The molecule has 3 rings (SSSR count). The summed E-state index contributed by atoms with van der Waals surface area (Å²) in [5, 5.41) is 0. The molecule has 2 aromatic rings. The molecule has 1 fully saturated rings. The number of hydrogen-bond acceptors (Lipinski definition) is 4. The number of sulfone groups is 1. The number of fused-ring (bicyclic) bond motifs is 1. The second-order valence-electron chi connectivity index (χ2n) is 5.69. The first-order valence-corrected chi connectivity index (χ1v) is 9.49. The molecule has 0 spiro atoms. The van der Waals surface area contributed by atoms with E-state index < -0.39 is 9.84 Å². The minimum Gasteiger partial charge on any atom is -0.330 e. The van der Waals surface area contributed by atoms with E-state index in [1.807, 2.05) is 32.3 Å². The summed E-state index contributed by atoms with van der Waals surface area (Å²) in [6.07, 6.45) is 0.717. The number of rotatable bonds is 3. The minimum atomic E-state index is -2.85. The van der Waals surface area contributed by atoms with Crippen LogP contribution in [-0.2, 0) is 23.4 Å². The zero-order chi connectivity index (χ0) is 15.2. The van der Waals surface area contributed by atoms with Crippen molar-refractivity contribution in [1.82, 2.24) is 14.5 Å². The highest BCUT2D eigenvalue weighted by molar-refractivity contribution is 9.10. The van der Waals surface area contributed by atoms with E-state index in [9.17, 15) is 8.42 Å². The van der Waals surface area contributed by atoms with E-state index in [1.165, 1.54) is 0 Å². The smallest absolute Gasteiger partial charge is 0.151 e. The molecule has 0 amide bonds. The lowest BCUT2D eigenvalue weighted by Gasteiger charge is -2.22. The molecule has 1 unspecified atom stereocenters. The summed E-state index contributed by atoms with van der Waals surface area (Å²) < 4.78 is 26.3. The van der Waals surface area contributed by atoms with E-state index in [-0.39, 0.29) is 11.8 Å². The Labute approximate surface area is 133 Å². The van der Waals surface area contributed by atoms with Gasteiger partial charge in [0.15, 0.2) is 9.84 Å². The Morgan fingerprint density at radius 2 is 2.24 bits per heavy atom. The van der Waals surface area contributed by atoms with E-state index in [2.05, 4.69) is 30.4 Å². The van der Waals surface area contributed by atoms with E-state index in [0.29, 0.717) is 18.7 Å². The molecule has 0 aliphatic carbocycles. The SMILES string of the molecule is CN(Cc1nc2ccc(Br)cc2n1C)C1CCS(=O)(=O)C1. The summed E-state index contributed by atoms with van der Waals surface area (Å²) in [6, 6.07) is 6.11. The van der Waals surface area contributed by atoms with Gasteiger partial charge in [-0.3, -0.25) is 4.90 Å². The van der Waals surface area contributed by atoms with Crippen LogP contribution in [0, 0.1) is 0 Å². The number of aryl methyl sites for hydroxylation is 1. The maximum Gasteiger partial charge on any atom is 0.151 e. The van der Waals surface area contributed by atoms with Crippen LogP contribution < -0.4 is 0 Å². The van der Waals surface area contributed by atoms with Crippen LogP contribution in [0.4, 0.5) is 0 Å². The van der Waals surface area contributed by atoms with Crippen LogP contribution in [0.15, 0.2) is 22.7 Å². The monoisotopic (exact) mass is 371 g/mol. The van der Waals surface area contributed by atoms with Gasteiger partial charge in [0.2, 0.25) is 0 Å². The molecule has 1 aliphatic heterocycles. The molecule has 0 radical (unpaired) electrons. The van der Waals surface area contributed by atoms with Crippen molar-refractivity contribution in [2.75, 3.05) is 18.6 Å². The molecule has 1 aromatic heterocycles. The molecule has 7 heteroatoms. The molecule has 1 aliphatic rings. The van der Waals surface area contributed by atoms with Gasteiger partial charge in [-0.05, 0) is 31.7 Å². The molecule has 1 atom stereocenters. The topological polar surface area (TPSA) is 55.2 Å². The highest BCUT2D eigenvalue weighted by atomic mass is 79.9. The van der Waals surface area contributed by atoms with Gasteiger partial charge in [-0.25, -0.2) is 13.4 Å². The maximum atomic E-state index is 11.6. The fourth-order valence-corrected chi connectivity index (χ4v) is 4.98. The summed E-state index contributed by atoms with van der Waals surface area (Å²) >= 11 is 3.47. The normalized spacial score (nSPS) is 21.4. The summed E-state index contributed by atoms with van der Waals surface area (Å²) in [6.45, 7) is 0.656. The molecule has 0 bridgehead atoms. The van der Waals surface area contributed by atoms with E-state index >= 15 is 0 Å². The quantitative estimate of drug-likeness (QED) is 0.827. The van der Waals surface area contributed by atoms with Crippen LogP contribution >= 0.6 is 15.9 Å². The molecule has 1 saturated heterocycles. The zero-order valence-corrected chi connectivity index (χ0v) is 14.5. The predicted molar refractivity (Wildman–Crippen MR) is 86.9 cm³/mol. The van der Waals surface area contributed by atoms with Gasteiger partial charge in [0.05, 0.1) is 29.1 Å². The molecule has 0 N–H and O–H groups in total. The van der Waals surface area contributed by atoms with Gasteiger partial charge in [0.25, 0.3) is 0 Å². The van der Waals surface area contributed by atoms with Gasteiger partial charge < -0.3 is 4.57 Å². The first-order chi connectivity index (χ1) is 9.85.